The molecule has 1 N–H and O–H groups in total. The molecule has 1 amide bonds. The fourth-order valence-corrected chi connectivity index (χ4v) is 0.306. The van der Waals surface area contributed by atoms with E-state index in [2.05, 4.69) is 0 Å². The molecule has 48 valence electrons. The first-order valence-electron chi connectivity index (χ1n) is 2.36. The summed E-state index contributed by atoms with van der Waals surface area (Å²) in [5.74, 6) is -0.896. The number of amides is 1. The van der Waals surface area contributed by atoms with Crippen molar-refractivity contribution in [3.8, 4) is 0 Å². The second-order valence-electron chi connectivity index (χ2n) is 1.40. The minimum absolute atomic E-state index is 0.0486. The van der Waals surface area contributed by atoms with Crippen molar-refractivity contribution in [2.24, 2.45) is 0 Å². The zero-order chi connectivity index (χ0) is 6.57. The summed E-state index contributed by atoms with van der Waals surface area (Å²) in [4.78, 5) is 10.0. The zero-order valence-electron chi connectivity index (χ0n) is 4.59. The van der Waals surface area contributed by atoms with Gasteiger partial charge in [0.05, 0.1) is 0 Å². The van der Waals surface area contributed by atoms with E-state index in [0.29, 0.717) is 6.42 Å². The van der Waals surface area contributed by atoms with Gasteiger partial charge in [0.15, 0.2) is 0 Å². The fourth-order valence-electron chi connectivity index (χ4n) is 0.306. The molecule has 4 heteroatoms. The third kappa shape index (κ3) is 2.52. The summed E-state index contributed by atoms with van der Waals surface area (Å²) < 4.78 is 11.3. The lowest BCUT2D eigenvalue weighted by atomic mass is 10.3. The van der Waals surface area contributed by atoms with E-state index < -0.39 is 11.2 Å². The first-order chi connectivity index (χ1) is 3.68. The Morgan fingerprint density at radius 2 is 2.38 bits per heavy atom. The van der Waals surface area contributed by atoms with Gasteiger partial charge in [-0.2, -0.15) is 0 Å². The minimum atomic E-state index is -0.896. The van der Waals surface area contributed by atoms with Gasteiger partial charge in [0.1, 0.15) is 0 Å². The average Bonchev–Trinajstić information content (AvgIpc) is 1.67. The van der Waals surface area contributed by atoms with E-state index in [1.807, 2.05) is 0 Å². The fraction of sp³-hybridized carbons (Fsp3) is 0.750. The van der Waals surface area contributed by atoms with Crippen molar-refractivity contribution in [3.63, 3.8) is 0 Å². The Kier molecular flexibility index (Phi) is 3.10. The van der Waals surface area contributed by atoms with Gasteiger partial charge in [0, 0.05) is 6.42 Å². The lowest BCUT2D eigenvalue weighted by molar-refractivity contribution is -0.232. The van der Waals surface area contributed by atoms with E-state index in [0.717, 1.165) is 0 Å². The maximum atomic E-state index is 11.3. The van der Waals surface area contributed by atoms with Gasteiger partial charge >= 0.3 is 0 Å². The maximum absolute atomic E-state index is 11.3. The number of hydrogen-bond donors (Lipinski definition) is 1. The smallest absolute Gasteiger partial charge is 0.270 e. The van der Waals surface area contributed by atoms with Crippen molar-refractivity contribution < 1.29 is 14.5 Å². The molecule has 3 nitrogen and oxygen atoms in total. The molecule has 0 fully saturated rings. The van der Waals surface area contributed by atoms with Crippen LogP contribution in [0.4, 0.5) is 4.48 Å². The van der Waals surface area contributed by atoms with E-state index in [9.17, 15) is 9.28 Å². The van der Waals surface area contributed by atoms with Crippen molar-refractivity contribution in [1.29, 1.82) is 0 Å². The molecule has 0 unspecified atom stereocenters. The van der Waals surface area contributed by atoms with Gasteiger partial charge < -0.3 is 0 Å². The predicted octanol–water partition coefficient (Wildman–Crippen LogP) is 0.889. The molecule has 0 saturated carbocycles. The average molecular weight is 121 g/mol. The molecule has 0 aromatic carbocycles. The largest absolute Gasteiger partial charge is 0.278 e. The Labute approximate surface area is 46.6 Å². The second kappa shape index (κ2) is 3.37. The topological polar surface area (TPSA) is 40.5 Å². The normalized spacial score (nSPS) is 8.88. The maximum Gasteiger partial charge on any atom is 0.278 e. The molecule has 0 rings (SSSR count). The van der Waals surface area contributed by atoms with Crippen LogP contribution in [-0.2, 0) is 4.79 Å². The van der Waals surface area contributed by atoms with E-state index in [1.54, 1.807) is 6.92 Å². The standard InChI is InChI=1S/C4H8FNO2/c1-2-3-4(7)6(5)8/h8H,2-3H2,1H3. The number of nitrogens with zero attached hydrogens (tertiary/aromatic N) is 1. The highest BCUT2D eigenvalue weighted by molar-refractivity contribution is 5.73. The monoisotopic (exact) mass is 121 g/mol. The number of carbonyl (C=O) groups is 1. The van der Waals surface area contributed by atoms with Crippen molar-refractivity contribution in [2.75, 3.05) is 0 Å². The summed E-state index contributed by atoms with van der Waals surface area (Å²) >= 11 is 0. The van der Waals surface area contributed by atoms with Crippen molar-refractivity contribution >= 4 is 5.91 Å². The highest BCUT2D eigenvalue weighted by atomic mass is 19.2. The molecule has 0 aromatic heterocycles. The molecule has 0 aliphatic rings. The predicted molar refractivity (Wildman–Crippen MR) is 24.6 cm³/mol. The van der Waals surface area contributed by atoms with Crippen LogP contribution >= 0.6 is 0 Å². The van der Waals surface area contributed by atoms with Gasteiger partial charge in [0.2, 0.25) is 0 Å². The lowest BCUT2D eigenvalue weighted by Gasteiger charge is -1.98. The number of rotatable bonds is 2. The number of halogens is 1. The molecular weight excluding hydrogens is 113 g/mol. The van der Waals surface area contributed by atoms with Crippen LogP contribution in [0.5, 0.6) is 0 Å². The molecule has 0 spiro atoms. The lowest BCUT2D eigenvalue weighted by Crippen LogP contribution is -2.17. The van der Waals surface area contributed by atoms with Crippen molar-refractivity contribution in [1.82, 2.24) is 5.29 Å². The Bertz CT molecular complexity index is 84.1. The van der Waals surface area contributed by atoms with Crippen LogP contribution < -0.4 is 0 Å². The molecule has 0 heterocycles. The van der Waals surface area contributed by atoms with Crippen LogP contribution in [-0.4, -0.2) is 16.4 Å². The van der Waals surface area contributed by atoms with E-state index >= 15 is 0 Å². The summed E-state index contributed by atoms with van der Waals surface area (Å²) in [7, 11) is 0. The van der Waals surface area contributed by atoms with Crippen molar-refractivity contribution in [3.05, 3.63) is 0 Å². The summed E-state index contributed by atoms with van der Waals surface area (Å²) in [5, 5.41) is 6.88. The van der Waals surface area contributed by atoms with Gasteiger partial charge in [0.25, 0.3) is 5.91 Å². The summed E-state index contributed by atoms with van der Waals surface area (Å²) in [6.07, 6.45) is 0.590. The summed E-state index contributed by atoms with van der Waals surface area (Å²) in [6, 6.07) is 0. The zero-order valence-corrected chi connectivity index (χ0v) is 4.59. The van der Waals surface area contributed by atoms with Gasteiger partial charge in [-0.25, -0.2) is 0 Å². The molecule has 0 atom stereocenters. The molecule has 0 aromatic rings. The van der Waals surface area contributed by atoms with Crippen LogP contribution in [0.2, 0.25) is 0 Å². The Balaban J connectivity index is 3.33. The molecule has 0 aliphatic carbocycles. The first kappa shape index (κ1) is 7.36. The molecule has 0 radical (unpaired) electrons. The van der Waals surface area contributed by atoms with Crippen LogP contribution in [0, 0.1) is 0 Å². The summed E-state index contributed by atoms with van der Waals surface area (Å²) in [5.41, 5.74) is 0. The Hall–Kier alpha value is -0.640. The van der Waals surface area contributed by atoms with E-state index in [4.69, 9.17) is 5.21 Å². The SMILES string of the molecule is CCCC(=O)N(O)F. The van der Waals surface area contributed by atoms with Gasteiger partial charge in [-0.05, 0) is 11.7 Å². The molecule has 0 aliphatic heterocycles. The van der Waals surface area contributed by atoms with Crippen LogP contribution in [0.3, 0.4) is 0 Å². The quantitative estimate of drug-likeness (QED) is 0.335. The minimum Gasteiger partial charge on any atom is -0.270 e. The van der Waals surface area contributed by atoms with Crippen LogP contribution in [0.1, 0.15) is 19.8 Å². The molecule has 0 bridgehead atoms. The second-order valence-corrected chi connectivity index (χ2v) is 1.40. The number of hydroxylamine groups is 1. The van der Waals surface area contributed by atoms with E-state index in [1.165, 1.54) is 0 Å². The third-order valence-corrected chi connectivity index (χ3v) is 0.670. The molecule has 0 saturated heterocycles. The highest BCUT2D eigenvalue weighted by Gasteiger charge is 2.05. The highest BCUT2D eigenvalue weighted by Crippen LogP contribution is 1.92. The van der Waals surface area contributed by atoms with Crippen molar-refractivity contribution in [2.45, 2.75) is 19.8 Å². The Morgan fingerprint density at radius 3 is 2.50 bits per heavy atom. The summed E-state index contributed by atoms with van der Waals surface area (Å²) in [6.45, 7) is 1.72. The number of carbonyl (C=O) groups excluding carboxylic acids is 1. The molecule has 8 heavy (non-hydrogen) atoms. The first-order valence-corrected chi connectivity index (χ1v) is 2.36. The van der Waals surface area contributed by atoms with E-state index in [-0.39, 0.29) is 6.42 Å². The number of hydrogen-bond acceptors (Lipinski definition) is 2. The van der Waals surface area contributed by atoms with Gasteiger partial charge in [-0.3, -0.25) is 10.0 Å². The van der Waals surface area contributed by atoms with Gasteiger partial charge in [-0.1, -0.05) is 11.4 Å². The Morgan fingerprint density at radius 1 is 1.88 bits per heavy atom. The van der Waals surface area contributed by atoms with Gasteiger partial charge in [-0.15, -0.1) is 0 Å². The van der Waals surface area contributed by atoms with Crippen LogP contribution in [0.15, 0.2) is 0 Å². The molecular formula is C4H8FNO2. The third-order valence-electron chi connectivity index (χ3n) is 0.670. The van der Waals surface area contributed by atoms with Crippen LogP contribution in [0.25, 0.3) is 0 Å².